The lowest BCUT2D eigenvalue weighted by Gasteiger charge is -2.19. The van der Waals surface area contributed by atoms with E-state index >= 15 is 0 Å². The Morgan fingerprint density at radius 2 is 1.62 bits per heavy atom. The fourth-order valence-corrected chi connectivity index (χ4v) is 3.45. The lowest BCUT2D eigenvalue weighted by atomic mass is 9.98. The van der Waals surface area contributed by atoms with Crippen molar-refractivity contribution in [1.82, 2.24) is 5.32 Å². The normalized spacial score (nSPS) is 11.8. The molecule has 3 aromatic rings. The second-order valence-corrected chi connectivity index (χ2v) is 6.83. The molecule has 2 aromatic carbocycles. The molecule has 0 aliphatic carbocycles. The molecule has 0 aliphatic rings. The molecule has 0 radical (unpaired) electrons. The highest BCUT2D eigenvalue weighted by Crippen LogP contribution is 2.19. The lowest BCUT2D eigenvalue weighted by Crippen LogP contribution is -2.30. The van der Waals surface area contributed by atoms with Gasteiger partial charge in [0.2, 0.25) is 5.91 Å². The van der Waals surface area contributed by atoms with Crippen LogP contribution in [0.1, 0.15) is 28.5 Å². The van der Waals surface area contributed by atoms with Gasteiger partial charge < -0.3 is 5.32 Å². The summed E-state index contributed by atoms with van der Waals surface area (Å²) in [5.41, 5.74) is 2.37. The minimum atomic E-state index is 0.00411. The highest BCUT2D eigenvalue weighted by Gasteiger charge is 2.15. The Labute approximate surface area is 147 Å². The molecule has 1 aromatic heterocycles. The summed E-state index contributed by atoms with van der Waals surface area (Å²) in [5.74, 6) is 0.105. The van der Waals surface area contributed by atoms with Gasteiger partial charge in [-0.25, -0.2) is 0 Å². The van der Waals surface area contributed by atoms with E-state index in [1.807, 2.05) is 42.5 Å². The van der Waals surface area contributed by atoms with Gasteiger partial charge in [0, 0.05) is 11.3 Å². The zero-order valence-electron chi connectivity index (χ0n) is 13.5. The molecular formula is C21H21NOS. The highest BCUT2D eigenvalue weighted by molar-refractivity contribution is 7.09. The number of rotatable bonds is 7. The maximum atomic E-state index is 12.4. The van der Waals surface area contributed by atoms with Gasteiger partial charge in [-0.1, -0.05) is 66.7 Å². The number of carbonyl (C=O) groups excluding carboxylic acids is 1. The van der Waals surface area contributed by atoms with Crippen LogP contribution in [0.4, 0.5) is 0 Å². The van der Waals surface area contributed by atoms with Gasteiger partial charge in [0.05, 0.1) is 6.04 Å². The van der Waals surface area contributed by atoms with Crippen molar-refractivity contribution in [2.24, 2.45) is 0 Å². The van der Waals surface area contributed by atoms with Gasteiger partial charge in [0.25, 0.3) is 0 Å². The molecule has 1 atom stereocenters. The predicted molar refractivity (Wildman–Crippen MR) is 100 cm³/mol. The molecule has 1 heterocycles. The molecule has 2 nitrogen and oxygen atoms in total. The maximum absolute atomic E-state index is 12.4. The van der Waals surface area contributed by atoms with Crippen LogP contribution in [0.3, 0.4) is 0 Å². The fraction of sp³-hybridized carbons (Fsp3) is 0.190. The molecular weight excluding hydrogens is 314 g/mol. The number of hydrogen-bond donors (Lipinski definition) is 1. The van der Waals surface area contributed by atoms with Crippen LogP contribution in [-0.2, 0) is 17.6 Å². The van der Waals surface area contributed by atoms with Crippen molar-refractivity contribution in [3.63, 3.8) is 0 Å². The van der Waals surface area contributed by atoms with Crippen LogP contribution in [0, 0.1) is 0 Å². The summed E-state index contributed by atoms with van der Waals surface area (Å²) in [6.45, 7) is 0. The molecule has 0 spiro atoms. The molecule has 3 rings (SSSR count). The Balaban J connectivity index is 1.66. The Morgan fingerprint density at radius 3 is 2.29 bits per heavy atom. The Morgan fingerprint density at radius 1 is 0.917 bits per heavy atom. The summed E-state index contributed by atoms with van der Waals surface area (Å²) in [7, 11) is 0. The summed E-state index contributed by atoms with van der Waals surface area (Å²) in [6, 6.07) is 24.6. The summed E-state index contributed by atoms with van der Waals surface area (Å²) < 4.78 is 0. The van der Waals surface area contributed by atoms with Gasteiger partial charge in [-0.2, -0.15) is 0 Å². The number of hydrogen-bond acceptors (Lipinski definition) is 2. The van der Waals surface area contributed by atoms with Crippen molar-refractivity contribution < 1.29 is 4.79 Å². The molecule has 3 heteroatoms. The Kier molecular flexibility index (Phi) is 5.80. The summed E-state index contributed by atoms with van der Waals surface area (Å²) in [4.78, 5) is 13.7. The van der Waals surface area contributed by atoms with Gasteiger partial charge in [0.15, 0.2) is 0 Å². The summed E-state index contributed by atoms with van der Waals surface area (Å²) in [5, 5.41) is 5.26. The van der Waals surface area contributed by atoms with Crippen molar-refractivity contribution in [3.05, 3.63) is 94.2 Å². The van der Waals surface area contributed by atoms with E-state index < -0.39 is 0 Å². The van der Waals surface area contributed by atoms with E-state index in [2.05, 4.69) is 41.0 Å². The van der Waals surface area contributed by atoms with E-state index in [0.717, 1.165) is 18.4 Å². The monoisotopic (exact) mass is 335 g/mol. The van der Waals surface area contributed by atoms with E-state index in [1.165, 1.54) is 10.4 Å². The van der Waals surface area contributed by atoms with Crippen LogP contribution < -0.4 is 5.32 Å². The van der Waals surface area contributed by atoms with Crippen LogP contribution in [0.15, 0.2) is 78.2 Å². The first-order valence-electron chi connectivity index (χ1n) is 8.22. The first-order chi connectivity index (χ1) is 11.8. The van der Waals surface area contributed by atoms with Crippen LogP contribution in [0.25, 0.3) is 0 Å². The second-order valence-electron chi connectivity index (χ2n) is 5.80. The SMILES string of the molecule is O=C(CCc1cccs1)N[C@@H](Cc1ccccc1)c1ccccc1. The Bertz CT molecular complexity index is 738. The average Bonchev–Trinajstić information content (AvgIpc) is 3.15. The predicted octanol–water partition coefficient (Wildman–Crippen LogP) is 4.78. The van der Waals surface area contributed by atoms with Gasteiger partial charge >= 0.3 is 0 Å². The first kappa shape index (κ1) is 16.5. The van der Waals surface area contributed by atoms with Gasteiger partial charge in [-0.3, -0.25) is 4.79 Å². The highest BCUT2D eigenvalue weighted by atomic mass is 32.1. The number of amides is 1. The molecule has 24 heavy (non-hydrogen) atoms. The lowest BCUT2D eigenvalue weighted by molar-refractivity contribution is -0.121. The molecule has 0 saturated carbocycles. The first-order valence-corrected chi connectivity index (χ1v) is 9.10. The standard InChI is InChI=1S/C21H21NOS/c23-21(14-13-19-12-7-15-24-19)22-20(18-10-5-2-6-11-18)16-17-8-3-1-4-9-17/h1-12,15,20H,13-14,16H2,(H,22,23)/t20-/m0/s1. The summed E-state index contributed by atoms with van der Waals surface area (Å²) in [6.07, 6.45) is 2.13. The van der Waals surface area contributed by atoms with E-state index in [0.29, 0.717) is 6.42 Å². The van der Waals surface area contributed by atoms with Crippen LogP contribution in [0.2, 0.25) is 0 Å². The Hall–Kier alpha value is -2.39. The van der Waals surface area contributed by atoms with Crippen molar-refractivity contribution in [2.75, 3.05) is 0 Å². The molecule has 1 amide bonds. The van der Waals surface area contributed by atoms with Crippen LogP contribution in [-0.4, -0.2) is 5.91 Å². The zero-order chi connectivity index (χ0) is 16.6. The number of thiophene rings is 1. The average molecular weight is 335 g/mol. The van der Waals surface area contributed by atoms with E-state index in [1.54, 1.807) is 11.3 Å². The zero-order valence-corrected chi connectivity index (χ0v) is 14.3. The number of carbonyl (C=O) groups is 1. The smallest absolute Gasteiger partial charge is 0.220 e. The molecule has 0 aliphatic heterocycles. The quantitative estimate of drug-likeness (QED) is 0.661. The van der Waals surface area contributed by atoms with Crippen LogP contribution in [0.5, 0.6) is 0 Å². The minimum absolute atomic E-state index is 0.00411. The topological polar surface area (TPSA) is 29.1 Å². The minimum Gasteiger partial charge on any atom is -0.349 e. The molecule has 0 saturated heterocycles. The number of nitrogens with one attached hydrogen (secondary N) is 1. The van der Waals surface area contributed by atoms with Crippen molar-refractivity contribution >= 4 is 17.2 Å². The van der Waals surface area contributed by atoms with Crippen molar-refractivity contribution in [2.45, 2.75) is 25.3 Å². The van der Waals surface area contributed by atoms with E-state index in [-0.39, 0.29) is 11.9 Å². The molecule has 122 valence electrons. The fourth-order valence-electron chi connectivity index (χ4n) is 2.75. The molecule has 0 bridgehead atoms. The van der Waals surface area contributed by atoms with Gasteiger partial charge in [0.1, 0.15) is 0 Å². The van der Waals surface area contributed by atoms with Gasteiger partial charge in [-0.15, -0.1) is 11.3 Å². The third kappa shape index (κ3) is 4.80. The van der Waals surface area contributed by atoms with Gasteiger partial charge in [-0.05, 0) is 35.4 Å². The van der Waals surface area contributed by atoms with Crippen LogP contribution >= 0.6 is 11.3 Å². The second kappa shape index (κ2) is 8.46. The maximum Gasteiger partial charge on any atom is 0.220 e. The largest absolute Gasteiger partial charge is 0.349 e. The van der Waals surface area contributed by atoms with E-state index in [4.69, 9.17) is 0 Å². The number of aryl methyl sites for hydroxylation is 1. The summed E-state index contributed by atoms with van der Waals surface area (Å²) >= 11 is 1.70. The van der Waals surface area contributed by atoms with E-state index in [9.17, 15) is 4.79 Å². The third-order valence-electron chi connectivity index (χ3n) is 4.00. The molecule has 0 unspecified atom stereocenters. The molecule has 1 N–H and O–H groups in total. The van der Waals surface area contributed by atoms with Crippen molar-refractivity contribution in [3.8, 4) is 0 Å². The van der Waals surface area contributed by atoms with Crippen molar-refractivity contribution in [1.29, 1.82) is 0 Å². The third-order valence-corrected chi connectivity index (χ3v) is 4.93. The number of benzene rings is 2. The molecule has 0 fully saturated rings.